The van der Waals surface area contributed by atoms with Gasteiger partial charge in [0.2, 0.25) is 5.82 Å². The number of imidazole rings is 1. The number of piperidine rings is 1. The molecule has 0 unspecified atom stereocenters. The maximum Gasteiger partial charge on any atom is 0.410 e. The summed E-state index contributed by atoms with van der Waals surface area (Å²) >= 11 is 0. The smallest absolute Gasteiger partial charge is 0.410 e. The molecule has 1 aromatic heterocycles. The molecule has 13 heteroatoms. The highest BCUT2D eigenvalue weighted by Crippen LogP contribution is 2.36. The van der Waals surface area contributed by atoms with Crippen molar-refractivity contribution in [2.24, 2.45) is 0 Å². The fourth-order valence-electron chi connectivity index (χ4n) is 5.30. The maximum absolute atomic E-state index is 13.6. The zero-order chi connectivity index (χ0) is 33.0. The number of hydrogen-bond acceptors (Lipinski definition) is 8. The van der Waals surface area contributed by atoms with Crippen molar-refractivity contribution in [3.8, 4) is 6.07 Å². The van der Waals surface area contributed by atoms with Crippen molar-refractivity contribution >= 4 is 41.2 Å². The van der Waals surface area contributed by atoms with Gasteiger partial charge in [0, 0.05) is 45.2 Å². The van der Waals surface area contributed by atoms with Crippen molar-refractivity contribution < 1.29 is 27.5 Å². The second-order valence-corrected chi connectivity index (χ2v) is 21.8. The van der Waals surface area contributed by atoms with Crippen LogP contribution >= 0.6 is 0 Å². The Kier molecular flexibility index (Phi) is 10.6. The molecular formula is C32H45N5O6SSi. The number of allylic oxidation sites excluding steroid dienone is 1. The highest BCUT2D eigenvalue weighted by Gasteiger charge is 2.29. The SMILES string of the molecule is CC(C)(C)OC(=O)N1CCC(c2ccc(NC(=O)c3nc(C#N)cn3COCC[Si](C)(C)C)c(C3=CCS(=O)(=O)CC3)c2)CC1. The van der Waals surface area contributed by atoms with E-state index in [1.807, 2.05) is 45.0 Å². The third-order valence-corrected chi connectivity index (χ3v) is 11.0. The number of nitriles is 1. The molecule has 1 saturated heterocycles. The van der Waals surface area contributed by atoms with Gasteiger partial charge >= 0.3 is 6.09 Å². The number of nitrogens with one attached hydrogen (secondary N) is 1. The molecule has 0 aliphatic carbocycles. The number of nitrogens with zero attached hydrogens (tertiary/aromatic N) is 4. The first-order valence-corrected chi connectivity index (χ1v) is 20.9. The average molecular weight is 656 g/mol. The Hall–Kier alpha value is -3.47. The summed E-state index contributed by atoms with van der Waals surface area (Å²) in [4.78, 5) is 32.1. The van der Waals surface area contributed by atoms with Crippen molar-refractivity contribution in [3.63, 3.8) is 0 Å². The van der Waals surface area contributed by atoms with Crippen LogP contribution in [-0.2, 0) is 26.0 Å². The molecule has 0 saturated carbocycles. The third kappa shape index (κ3) is 9.76. The predicted octanol–water partition coefficient (Wildman–Crippen LogP) is 5.64. The second-order valence-electron chi connectivity index (χ2n) is 14.0. The first kappa shape index (κ1) is 34.4. The summed E-state index contributed by atoms with van der Waals surface area (Å²) in [5, 5.41) is 12.4. The maximum atomic E-state index is 13.6. The number of sulfone groups is 1. The predicted molar refractivity (Wildman–Crippen MR) is 176 cm³/mol. The van der Waals surface area contributed by atoms with Gasteiger partial charge in [0.15, 0.2) is 15.5 Å². The topological polar surface area (TPSA) is 144 Å². The molecule has 4 rings (SSSR count). The Labute approximate surface area is 267 Å². The van der Waals surface area contributed by atoms with Gasteiger partial charge in [-0.2, -0.15) is 5.26 Å². The summed E-state index contributed by atoms with van der Waals surface area (Å²) in [6, 6.07) is 8.81. The minimum Gasteiger partial charge on any atom is -0.444 e. The largest absolute Gasteiger partial charge is 0.444 e. The van der Waals surface area contributed by atoms with Crippen LogP contribution in [0.2, 0.25) is 25.7 Å². The summed E-state index contributed by atoms with van der Waals surface area (Å²) in [6.45, 7) is 14.1. The minimum absolute atomic E-state index is 0.0371. The lowest BCUT2D eigenvalue weighted by Crippen LogP contribution is -2.41. The van der Waals surface area contributed by atoms with E-state index >= 15 is 0 Å². The number of likely N-dealkylation sites (tertiary alicyclic amines) is 1. The molecule has 11 nitrogen and oxygen atoms in total. The van der Waals surface area contributed by atoms with Crippen LogP contribution in [0.3, 0.4) is 0 Å². The van der Waals surface area contributed by atoms with E-state index in [0.29, 0.717) is 31.8 Å². The first-order valence-electron chi connectivity index (χ1n) is 15.4. The highest BCUT2D eigenvalue weighted by atomic mass is 32.2. The molecule has 45 heavy (non-hydrogen) atoms. The van der Waals surface area contributed by atoms with Gasteiger partial charge in [-0.25, -0.2) is 18.2 Å². The Balaban J connectivity index is 1.55. The van der Waals surface area contributed by atoms with Gasteiger partial charge in [-0.3, -0.25) is 4.79 Å². The molecule has 0 radical (unpaired) electrons. The van der Waals surface area contributed by atoms with Crippen LogP contribution in [0.5, 0.6) is 0 Å². The van der Waals surface area contributed by atoms with Crippen molar-refractivity contribution in [3.05, 3.63) is 53.1 Å². The van der Waals surface area contributed by atoms with Crippen LogP contribution in [0.15, 0.2) is 30.5 Å². The van der Waals surface area contributed by atoms with Crippen LogP contribution in [0.1, 0.15) is 73.4 Å². The summed E-state index contributed by atoms with van der Waals surface area (Å²) in [7, 11) is -4.45. The van der Waals surface area contributed by atoms with Gasteiger partial charge in [0.05, 0.1) is 11.5 Å². The number of anilines is 1. The van der Waals surface area contributed by atoms with Gasteiger partial charge < -0.3 is 24.3 Å². The standard InChI is InChI=1S/C32H45N5O6SSi/c1-32(2,3)43-31(39)36-13-9-23(10-14-36)25-7-8-28(27(19-25)24-11-16-44(40,41)17-12-24)35-30(38)29-34-26(20-33)21-37(29)22-42-15-18-45(4,5)6/h7-8,11,19,21,23H,9-10,12-18,22H2,1-6H3,(H,35,38). The Morgan fingerprint density at radius 2 is 1.89 bits per heavy atom. The fourth-order valence-corrected chi connectivity index (χ4v) is 7.21. The third-order valence-electron chi connectivity index (χ3n) is 7.84. The molecule has 0 bridgehead atoms. The summed E-state index contributed by atoms with van der Waals surface area (Å²) in [6.07, 6.45) is 4.76. The molecule has 2 amide bonds. The monoisotopic (exact) mass is 655 g/mol. The molecule has 1 fully saturated rings. The minimum atomic E-state index is -3.16. The molecule has 1 aromatic carbocycles. The summed E-state index contributed by atoms with van der Waals surface area (Å²) in [5.74, 6) is -0.266. The lowest BCUT2D eigenvalue weighted by molar-refractivity contribution is 0.0204. The van der Waals surface area contributed by atoms with E-state index in [1.54, 1.807) is 11.0 Å². The number of carbonyl (C=O) groups is 2. The molecular weight excluding hydrogens is 611 g/mol. The van der Waals surface area contributed by atoms with E-state index in [0.717, 1.165) is 35.6 Å². The fraction of sp³-hybridized carbons (Fsp3) is 0.562. The lowest BCUT2D eigenvalue weighted by Gasteiger charge is -2.34. The van der Waals surface area contributed by atoms with Crippen LogP contribution < -0.4 is 5.32 Å². The number of amides is 2. The van der Waals surface area contributed by atoms with E-state index in [9.17, 15) is 23.3 Å². The van der Waals surface area contributed by atoms with Crippen molar-refractivity contribution in [2.45, 2.75) is 84.0 Å². The van der Waals surface area contributed by atoms with E-state index < -0.39 is 29.4 Å². The number of ether oxygens (including phenoxy) is 2. The molecule has 3 heterocycles. The van der Waals surface area contributed by atoms with Crippen molar-refractivity contribution in [1.29, 1.82) is 5.26 Å². The van der Waals surface area contributed by atoms with Gasteiger partial charge in [0.1, 0.15) is 18.4 Å². The van der Waals surface area contributed by atoms with Crippen LogP contribution in [0.25, 0.3) is 5.57 Å². The van der Waals surface area contributed by atoms with Crippen LogP contribution in [0.4, 0.5) is 10.5 Å². The Morgan fingerprint density at radius 1 is 1.18 bits per heavy atom. The van der Waals surface area contributed by atoms with Crippen LogP contribution in [0, 0.1) is 11.3 Å². The molecule has 0 spiro atoms. The number of rotatable bonds is 9. The molecule has 1 N–H and O–H groups in total. The van der Waals surface area contributed by atoms with Crippen molar-refractivity contribution in [2.75, 3.05) is 36.5 Å². The Morgan fingerprint density at radius 3 is 2.49 bits per heavy atom. The number of carbonyl (C=O) groups excluding carboxylic acids is 2. The second kappa shape index (κ2) is 13.9. The number of benzene rings is 1. The van der Waals surface area contributed by atoms with E-state index in [2.05, 4.69) is 29.9 Å². The van der Waals surface area contributed by atoms with Crippen LogP contribution in [-0.4, -0.2) is 79.7 Å². The quantitative estimate of drug-likeness (QED) is 0.270. The molecule has 2 aliphatic heterocycles. The average Bonchev–Trinajstić information content (AvgIpc) is 3.38. The molecule has 2 aromatic rings. The Bertz CT molecular complexity index is 1590. The van der Waals surface area contributed by atoms with Gasteiger partial charge in [0.25, 0.3) is 5.91 Å². The summed E-state index contributed by atoms with van der Waals surface area (Å²) < 4.78 is 37.3. The van der Waals surface area contributed by atoms with E-state index in [-0.39, 0.29) is 41.8 Å². The van der Waals surface area contributed by atoms with E-state index in [4.69, 9.17) is 9.47 Å². The van der Waals surface area contributed by atoms with Crippen molar-refractivity contribution in [1.82, 2.24) is 14.5 Å². The number of aromatic nitrogens is 2. The molecule has 2 aliphatic rings. The van der Waals surface area contributed by atoms with E-state index in [1.165, 1.54) is 10.8 Å². The molecule has 244 valence electrons. The van der Waals surface area contributed by atoms with Gasteiger partial charge in [-0.15, -0.1) is 0 Å². The van der Waals surface area contributed by atoms with Gasteiger partial charge in [-0.05, 0) is 75.3 Å². The first-order chi connectivity index (χ1) is 21.0. The zero-order valence-corrected chi connectivity index (χ0v) is 29.0. The summed E-state index contributed by atoms with van der Waals surface area (Å²) in [5.41, 5.74) is 2.76. The highest BCUT2D eigenvalue weighted by molar-refractivity contribution is 7.91. The lowest BCUT2D eigenvalue weighted by atomic mass is 9.87. The zero-order valence-electron chi connectivity index (χ0n) is 27.2. The van der Waals surface area contributed by atoms with Gasteiger partial charge in [-0.1, -0.05) is 31.8 Å². The molecule has 0 atom stereocenters. The number of hydrogen-bond donors (Lipinski definition) is 1. The normalized spacial score (nSPS) is 17.4.